The molecule has 1 aliphatic heterocycles. The Morgan fingerprint density at radius 3 is 2.71 bits per heavy atom. The van der Waals surface area contributed by atoms with Crippen molar-refractivity contribution in [3.63, 3.8) is 0 Å². The molecule has 1 aliphatic rings. The summed E-state index contributed by atoms with van der Waals surface area (Å²) in [6, 6.07) is 10.3. The van der Waals surface area contributed by atoms with Crippen molar-refractivity contribution in [2.45, 2.75) is 38.7 Å². The Morgan fingerprint density at radius 1 is 1.29 bits per heavy atom. The van der Waals surface area contributed by atoms with Crippen LogP contribution in [0, 0.1) is 0 Å². The largest absolute Gasteiger partial charge is 0.454 e. The van der Waals surface area contributed by atoms with Gasteiger partial charge < -0.3 is 4.74 Å². The van der Waals surface area contributed by atoms with Crippen LogP contribution in [0.3, 0.4) is 0 Å². The van der Waals surface area contributed by atoms with E-state index in [0.717, 1.165) is 31.3 Å². The van der Waals surface area contributed by atoms with Crippen LogP contribution in [0.5, 0.6) is 0 Å². The number of allylic oxidation sites excluding steroid dienone is 1. The lowest BCUT2D eigenvalue weighted by molar-refractivity contribution is -0.156. The summed E-state index contributed by atoms with van der Waals surface area (Å²) in [7, 11) is 0. The standard InChI is InChI=1S/C15H18O2/c1-2-3-9-13-14(17-15(13)16)11-10-12-7-5-4-6-8-12/h4-9,14H,2-3,10-11H2,1H3/b13-9-. The van der Waals surface area contributed by atoms with Gasteiger partial charge in [-0.25, -0.2) is 4.79 Å². The summed E-state index contributed by atoms with van der Waals surface area (Å²) >= 11 is 0. The van der Waals surface area contributed by atoms with E-state index in [2.05, 4.69) is 19.1 Å². The Bertz CT molecular complexity index is 406. The molecule has 2 nitrogen and oxygen atoms in total. The number of cyclic esters (lactones) is 1. The minimum absolute atomic E-state index is 0.0225. The monoisotopic (exact) mass is 230 g/mol. The van der Waals surface area contributed by atoms with E-state index in [4.69, 9.17) is 4.74 Å². The van der Waals surface area contributed by atoms with Gasteiger partial charge in [0.2, 0.25) is 0 Å². The minimum Gasteiger partial charge on any atom is -0.454 e. The predicted molar refractivity (Wildman–Crippen MR) is 67.6 cm³/mol. The minimum atomic E-state index is -0.128. The summed E-state index contributed by atoms with van der Waals surface area (Å²) in [5.74, 6) is -0.128. The zero-order chi connectivity index (χ0) is 12.1. The first-order chi connectivity index (χ1) is 8.31. The lowest BCUT2D eigenvalue weighted by Crippen LogP contribution is -2.37. The fourth-order valence-electron chi connectivity index (χ4n) is 2.01. The van der Waals surface area contributed by atoms with Gasteiger partial charge in [0.1, 0.15) is 6.10 Å². The van der Waals surface area contributed by atoms with Crippen molar-refractivity contribution in [1.29, 1.82) is 0 Å². The molecule has 1 fully saturated rings. The summed E-state index contributed by atoms with van der Waals surface area (Å²) in [5.41, 5.74) is 2.17. The Labute approximate surface area is 102 Å². The van der Waals surface area contributed by atoms with Gasteiger partial charge in [-0.05, 0) is 24.8 Å². The summed E-state index contributed by atoms with van der Waals surface area (Å²) in [4.78, 5) is 11.3. The van der Waals surface area contributed by atoms with E-state index in [1.807, 2.05) is 24.3 Å². The third-order valence-electron chi connectivity index (χ3n) is 3.02. The van der Waals surface area contributed by atoms with E-state index in [-0.39, 0.29) is 12.1 Å². The van der Waals surface area contributed by atoms with Gasteiger partial charge in [-0.15, -0.1) is 0 Å². The van der Waals surface area contributed by atoms with Crippen LogP contribution >= 0.6 is 0 Å². The zero-order valence-corrected chi connectivity index (χ0v) is 10.2. The van der Waals surface area contributed by atoms with Gasteiger partial charge in [-0.3, -0.25) is 0 Å². The van der Waals surface area contributed by atoms with E-state index in [1.165, 1.54) is 5.56 Å². The Morgan fingerprint density at radius 2 is 2.06 bits per heavy atom. The second-order valence-corrected chi connectivity index (χ2v) is 4.37. The second kappa shape index (κ2) is 5.67. The van der Waals surface area contributed by atoms with Gasteiger partial charge in [0, 0.05) is 0 Å². The van der Waals surface area contributed by atoms with E-state index >= 15 is 0 Å². The normalized spacial score (nSPS) is 21.1. The molecule has 0 bridgehead atoms. The Kier molecular flexibility index (Phi) is 3.97. The van der Waals surface area contributed by atoms with E-state index in [1.54, 1.807) is 0 Å². The molecule has 0 amide bonds. The first-order valence-electron chi connectivity index (χ1n) is 6.26. The molecule has 17 heavy (non-hydrogen) atoms. The zero-order valence-electron chi connectivity index (χ0n) is 10.2. The molecule has 0 radical (unpaired) electrons. The van der Waals surface area contributed by atoms with Gasteiger partial charge in [-0.1, -0.05) is 49.8 Å². The highest BCUT2D eigenvalue weighted by atomic mass is 16.6. The van der Waals surface area contributed by atoms with Crippen LogP contribution in [0.1, 0.15) is 31.7 Å². The third-order valence-corrected chi connectivity index (χ3v) is 3.02. The number of carbonyl (C=O) groups excluding carboxylic acids is 1. The lowest BCUT2D eigenvalue weighted by Gasteiger charge is -2.29. The molecule has 1 unspecified atom stereocenters. The molecule has 0 N–H and O–H groups in total. The van der Waals surface area contributed by atoms with Crippen molar-refractivity contribution in [3.05, 3.63) is 47.5 Å². The van der Waals surface area contributed by atoms with E-state index in [0.29, 0.717) is 0 Å². The summed E-state index contributed by atoms with van der Waals surface area (Å²) < 4.78 is 5.16. The maximum absolute atomic E-state index is 11.3. The molecule has 2 rings (SSSR count). The van der Waals surface area contributed by atoms with Crippen molar-refractivity contribution < 1.29 is 9.53 Å². The highest BCUT2D eigenvalue weighted by molar-refractivity contribution is 5.95. The van der Waals surface area contributed by atoms with Crippen molar-refractivity contribution in [2.75, 3.05) is 0 Å². The highest BCUT2D eigenvalue weighted by Crippen LogP contribution is 2.26. The number of carbonyl (C=O) groups is 1. The molecule has 1 heterocycles. The maximum Gasteiger partial charge on any atom is 0.338 e. The number of hydrogen-bond donors (Lipinski definition) is 0. The number of aryl methyl sites for hydroxylation is 1. The molecular weight excluding hydrogens is 212 g/mol. The Balaban J connectivity index is 1.86. The van der Waals surface area contributed by atoms with Crippen LogP contribution in [0.2, 0.25) is 0 Å². The third kappa shape index (κ3) is 2.96. The summed E-state index contributed by atoms with van der Waals surface area (Å²) in [5, 5.41) is 0. The van der Waals surface area contributed by atoms with Gasteiger partial charge in [0.15, 0.2) is 0 Å². The summed E-state index contributed by atoms with van der Waals surface area (Å²) in [6.45, 7) is 2.11. The van der Waals surface area contributed by atoms with E-state index < -0.39 is 0 Å². The molecule has 1 atom stereocenters. The van der Waals surface area contributed by atoms with Gasteiger partial charge >= 0.3 is 5.97 Å². The van der Waals surface area contributed by atoms with Crippen molar-refractivity contribution >= 4 is 5.97 Å². The van der Waals surface area contributed by atoms with Crippen molar-refractivity contribution in [3.8, 4) is 0 Å². The van der Waals surface area contributed by atoms with Gasteiger partial charge in [0.25, 0.3) is 0 Å². The van der Waals surface area contributed by atoms with Crippen LogP contribution in [-0.2, 0) is 16.0 Å². The van der Waals surface area contributed by atoms with Crippen molar-refractivity contribution in [2.24, 2.45) is 0 Å². The van der Waals surface area contributed by atoms with Crippen LogP contribution in [-0.4, -0.2) is 12.1 Å². The first kappa shape index (κ1) is 11.9. The number of unbranched alkanes of at least 4 members (excludes halogenated alkanes) is 1. The maximum atomic E-state index is 11.3. The summed E-state index contributed by atoms with van der Waals surface area (Å²) in [6.07, 6.45) is 5.94. The molecule has 0 aromatic heterocycles. The topological polar surface area (TPSA) is 26.3 Å². The molecule has 1 aromatic rings. The fraction of sp³-hybridized carbons (Fsp3) is 0.400. The average molecular weight is 230 g/mol. The number of hydrogen-bond acceptors (Lipinski definition) is 2. The molecule has 1 saturated heterocycles. The quantitative estimate of drug-likeness (QED) is 0.573. The second-order valence-electron chi connectivity index (χ2n) is 4.37. The average Bonchev–Trinajstić information content (AvgIpc) is 2.36. The molecule has 90 valence electrons. The SMILES string of the molecule is CCC/C=C1\C(=O)OC1CCc1ccccc1. The molecular formula is C15H18O2. The van der Waals surface area contributed by atoms with Crippen LogP contribution in [0.15, 0.2) is 42.0 Å². The molecule has 2 heteroatoms. The van der Waals surface area contributed by atoms with Gasteiger partial charge in [0.05, 0.1) is 5.57 Å². The number of esters is 1. The van der Waals surface area contributed by atoms with Gasteiger partial charge in [-0.2, -0.15) is 0 Å². The lowest BCUT2D eigenvalue weighted by atomic mass is 9.96. The molecule has 1 aromatic carbocycles. The van der Waals surface area contributed by atoms with Crippen LogP contribution in [0.25, 0.3) is 0 Å². The predicted octanol–water partition coefficient (Wildman–Crippen LogP) is 3.27. The fourth-order valence-corrected chi connectivity index (χ4v) is 2.01. The number of ether oxygens (including phenoxy) is 1. The number of benzene rings is 1. The first-order valence-corrected chi connectivity index (χ1v) is 6.26. The molecule has 0 saturated carbocycles. The van der Waals surface area contributed by atoms with Crippen LogP contribution < -0.4 is 0 Å². The Hall–Kier alpha value is -1.57. The van der Waals surface area contributed by atoms with E-state index in [9.17, 15) is 4.79 Å². The number of rotatable bonds is 5. The van der Waals surface area contributed by atoms with Crippen LogP contribution in [0.4, 0.5) is 0 Å². The van der Waals surface area contributed by atoms with Crippen molar-refractivity contribution in [1.82, 2.24) is 0 Å². The smallest absolute Gasteiger partial charge is 0.338 e. The molecule has 0 spiro atoms. The molecule has 0 aliphatic carbocycles. The highest BCUT2D eigenvalue weighted by Gasteiger charge is 2.34.